The summed E-state index contributed by atoms with van der Waals surface area (Å²) in [6, 6.07) is 17.2. The van der Waals surface area contributed by atoms with E-state index in [2.05, 4.69) is 15.3 Å². The second-order valence-electron chi connectivity index (χ2n) is 5.53. The van der Waals surface area contributed by atoms with Gasteiger partial charge in [-0.05, 0) is 50.3 Å². The van der Waals surface area contributed by atoms with Gasteiger partial charge in [-0.1, -0.05) is 30.3 Å². The van der Waals surface area contributed by atoms with E-state index in [1.54, 1.807) is 0 Å². The van der Waals surface area contributed by atoms with Gasteiger partial charge in [-0.2, -0.15) is 10.2 Å². The number of hydrogen-bond donors (Lipinski definition) is 1. The lowest BCUT2D eigenvalue weighted by Gasteiger charge is -2.06. The molecule has 0 fully saturated rings. The minimum atomic E-state index is 0.162. The molecule has 0 saturated carbocycles. The highest BCUT2D eigenvalue weighted by Gasteiger charge is 2.18. The van der Waals surface area contributed by atoms with E-state index in [-0.39, 0.29) is 5.11 Å². The molecule has 0 atom stereocenters. The summed E-state index contributed by atoms with van der Waals surface area (Å²) in [6.07, 6.45) is 0. The Bertz CT molecular complexity index is 933. The molecule has 0 spiro atoms. The van der Waals surface area contributed by atoms with E-state index >= 15 is 0 Å². The molecule has 0 amide bonds. The molecule has 6 nitrogen and oxygen atoms in total. The van der Waals surface area contributed by atoms with Crippen molar-refractivity contribution in [3.8, 4) is 17.0 Å². The number of rotatable bonds is 5. The molecule has 0 aliphatic carbocycles. The molecule has 0 saturated heterocycles. The molecular formula is C19H19N5OS. The maximum atomic E-state index is 5.83. The number of ether oxygens (including phenoxy) is 1. The maximum absolute atomic E-state index is 5.83. The monoisotopic (exact) mass is 365 g/mol. The number of aromatic nitrogens is 2. The third kappa shape index (κ3) is 3.78. The number of benzene rings is 2. The summed E-state index contributed by atoms with van der Waals surface area (Å²) in [5.74, 6) is 0.800. The first-order valence-electron chi connectivity index (χ1n) is 8.19. The van der Waals surface area contributed by atoms with Gasteiger partial charge in [0.15, 0.2) is 5.11 Å². The van der Waals surface area contributed by atoms with Crippen molar-refractivity contribution in [2.45, 2.75) is 13.8 Å². The lowest BCUT2D eigenvalue weighted by molar-refractivity contribution is 0.340. The van der Waals surface area contributed by atoms with E-state index < -0.39 is 0 Å². The number of thiocarbonyl (C=S) groups is 1. The molecule has 0 aliphatic heterocycles. The van der Waals surface area contributed by atoms with Crippen LogP contribution in [0.25, 0.3) is 11.3 Å². The van der Waals surface area contributed by atoms with Crippen LogP contribution in [0.1, 0.15) is 12.6 Å². The van der Waals surface area contributed by atoms with Crippen molar-refractivity contribution in [2.75, 3.05) is 6.61 Å². The quantitative estimate of drug-likeness (QED) is 0.522. The summed E-state index contributed by atoms with van der Waals surface area (Å²) < 4.78 is 6.96. The minimum Gasteiger partial charge on any atom is -0.494 e. The fourth-order valence-electron chi connectivity index (χ4n) is 2.54. The van der Waals surface area contributed by atoms with Gasteiger partial charge in [-0.15, -0.1) is 5.11 Å². The molecule has 132 valence electrons. The zero-order valence-electron chi connectivity index (χ0n) is 14.6. The highest BCUT2D eigenvalue weighted by molar-refractivity contribution is 7.80. The van der Waals surface area contributed by atoms with Crippen LogP contribution in [0.2, 0.25) is 0 Å². The van der Waals surface area contributed by atoms with Gasteiger partial charge < -0.3 is 10.5 Å². The van der Waals surface area contributed by atoms with Gasteiger partial charge in [0.2, 0.25) is 0 Å². The van der Waals surface area contributed by atoms with Crippen LogP contribution in [0.4, 0.5) is 11.4 Å². The molecular weight excluding hydrogens is 346 g/mol. The Kier molecular flexibility index (Phi) is 5.38. The van der Waals surface area contributed by atoms with E-state index in [0.29, 0.717) is 18.0 Å². The van der Waals surface area contributed by atoms with Gasteiger partial charge >= 0.3 is 0 Å². The molecule has 0 radical (unpaired) electrons. The molecule has 0 aliphatic rings. The second kappa shape index (κ2) is 7.88. The standard InChI is InChI=1S/C19H19N5OS/c1-3-25-16-11-9-15(10-12-16)21-22-17-13(2)23-24(19(20)26)18(17)14-7-5-4-6-8-14/h4-12H,3H2,1-2H3,(H2,20,26). The van der Waals surface area contributed by atoms with Crippen LogP contribution < -0.4 is 10.5 Å². The largest absolute Gasteiger partial charge is 0.494 e. The predicted octanol–water partition coefficient (Wildman–Crippen LogP) is 4.76. The van der Waals surface area contributed by atoms with E-state index in [9.17, 15) is 0 Å². The van der Waals surface area contributed by atoms with Crippen molar-refractivity contribution in [3.63, 3.8) is 0 Å². The van der Waals surface area contributed by atoms with Crippen LogP contribution in [-0.2, 0) is 0 Å². The first kappa shape index (κ1) is 17.8. The summed E-state index contributed by atoms with van der Waals surface area (Å²) in [5.41, 5.74) is 9.53. The first-order chi connectivity index (χ1) is 12.6. The smallest absolute Gasteiger partial charge is 0.191 e. The molecule has 2 N–H and O–H groups in total. The zero-order chi connectivity index (χ0) is 18.5. The predicted molar refractivity (Wildman–Crippen MR) is 106 cm³/mol. The zero-order valence-corrected chi connectivity index (χ0v) is 15.4. The third-order valence-electron chi connectivity index (χ3n) is 3.70. The van der Waals surface area contributed by atoms with Crippen molar-refractivity contribution in [3.05, 3.63) is 60.3 Å². The molecule has 2 aromatic carbocycles. The van der Waals surface area contributed by atoms with Crippen molar-refractivity contribution < 1.29 is 4.74 Å². The van der Waals surface area contributed by atoms with E-state index in [0.717, 1.165) is 22.7 Å². The van der Waals surface area contributed by atoms with E-state index in [1.165, 1.54) is 4.68 Å². The van der Waals surface area contributed by atoms with Crippen molar-refractivity contribution in [1.82, 2.24) is 9.78 Å². The van der Waals surface area contributed by atoms with Crippen LogP contribution in [-0.4, -0.2) is 21.5 Å². The van der Waals surface area contributed by atoms with Crippen molar-refractivity contribution in [1.29, 1.82) is 0 Å². The van der Waals surface area contributed by atoms with Gasteiger partial charge in [0.05, 0.1) is 18.0 Å². The van der Waals surface area contributed by atoms with E-state index in [4.69, 9.17) is 22.7 Å². The van der Waals surface area contributed by atoms with Crippen LogP contribution in [0, 0.1) is 6.92 Å². The highest BCUT2D eigenvalue weighted by atomic mass is 32.1. The minimum absolute atomic E-state index is 0.162. The Morgan fingerprint density at radius 3 is 2.42 bits per heavy atom. The normalized spacial score (nSPS) is 11.0. The molecule has 7 heteroatoms. The average Bonchev–Trinajstić information content (AvgIpc) is 2.99. The summed E-state index contributed by atoms with van der Waals surface area (Å²) in [4.78, 5) is 0. The number of azo groups is 1. The molecule has 1 aromatic heterocycles. The average molecular weight is 365 g/mol. The summed E-state index contributed by atoms with van der Waals surface area (Å²) in [6.45, 7) is 4.42. The van der Waals surface area contributed by atoms with Crippen LogP contribution >= 0.6 is 12.2 Å². The Balaban J connectivity index is 2.00. The molecule has 3 rings (SSSR count). The molecule has 3 aromatic rings. The van der Waals surface area contributed by atoms with Crippen molar-refractivity contribution >= 4 is 28.7 Å². The SMILES string of the molecule is CCOc1ccc(N=Nc2c(C)nn(C(N)=S)c2-c2ccccc2)cc1. The van der Waals surface area contributed by atoms with Gasteiger partial charge in [0.1, 0.15) is 17.1 Å². The topological polar surface area (TPSA) is 77.8 Å². The lowest BCUT2D eigenvalue weighted by atomic mass is 10.1. The summed E-state index contributed by atoms with van der Waals surface area (Å²) >= 11 is 5.13. The Morgan fingerprint density at radius 2 is 1.81 bits per heavy atom. The van der Waals surface area contributed by atoms with Crippen LogP contribution in [0.5, 0.6) is 5.75 Å². The molecule has 1 heterocycles. The van der Waals surface area contributed by atoms with E-state index in [1.807, 2.05) is 68.4 Å². The third-order valence-corrected chi connectivity index (χ3v) is 3.87. The van der Waals surface area contributed by atoms with Gasteiger partial charge in [0, 0.05) is 5.56 Å². The molecule has 0 unspecified atom stereocenters. The highest BCUT2D eigenvalue weighted by Crippen LogP contribution is 2.34. The summed E-state index contributed by atoms with van der Waals surface area (Å²) in [7, 11) is 0. The Labute approximate surface area is 157 Å². The maximum Gasteiger partial charge on any atom is 0.191 e. The van der Waals surface area contributed by atoms with Gasteiger partial charge in [-0.25, -0.2) is 4.68 Å². The fourth-order valence-corrected chi connectivity index (χ4v) is 2.67. The fraction of sp³-hybridized carbons (Fsp3) is 0.158. The number of nitrogens with two attached hydrogens (primary N) is 1. The number of hydrogen-bond acceptors (Lipinski definition) is 5. The Morgan fingerprint density at radius 1 is 1.12 bits per heavy atom. The molecule has 26 heavy (non-hydrogen) atoms. The summed E-state index contributed by atoms with van der Waals surface area (Å²) in [5, 5.41) is 13.3. The van der Waals surface area contributed by atoms with Gasteiger partial charge in [0.25, 0.3) is 0 Å². The van der Waals surface area contributed by atoms with Crippen molar-refractivity contribution in [2.24, 2.45) is 16.0 Å². The molecule has 0 bridgehead atoms. The number of aryl methyl sites for hydroxylation is 1. The lowest BCUT2D eigenvalue weighted by Crippen LogP contribution is -2.21. The Hall–Kier alpha value is -3.06. The second-order valence-corrected chi connectivity index (χ2v) is 5.94. The van der Waals surface area contributed by atoms with Crippen LogP contribution in [0.15, 0.2) is 64.8 Å². The number of nitrogens with zero attached hydrogens (tertiary/aromatic N) is 4. The van der Waals surface area contributed by atoms with Gasteiger partial charge in [-0.3, -0.25) is 0 Å². The van der Waals surface area contributed by atoms with Crippen LogP contribution in [0.3, 0.4) is 0 Å². The first-order valence-corrected chi connectivity index (χ1v) is 8.60.